The van der Waals surface area contributed by atoms with E-state index in [0.29, 0.717) is 0 Å². The quantitative estimate of drug-likeness (QED) is 0.334. The van der Waals surface area contributed by atoms with Gasteiger partial charge in [0, 0.05) is 14.2 Å². The Morgan fingerprint density at radius 1 is 0.400 bits per heavy atom. The fourth-order valence-corrected chi connectivity index (χ4v) is 19.7. The lowest BCUT2D eigenvalue weighted by Gasteiger charge is -2.45. The van der Waals surface area contributed by atoms with Crippen molar-refractivity contribution in [3.05, 3.63) is 121 Å². The highest BCUT2D eigenvalue weighted by molar-refractivity contribution is 7.56. The third-order valence-corrected chi connectivity index (χ3v) is 20.3. The van der Waals surface area contributed by atoms with E-state index in [0.717, 1.165) is 5.19 Å². The maximum Gasteiger partial charge on any atom is 0.365 e. The lowest BCUT2D eigenvalue weighted by atomic mass is 10.3. The Bertz CT molecular complexity index is 955. The molecule has 0 radical (unpaired) electrons. The van der Waals surface area contributed by atoms with Gasteiger partial charge in [-0.05, 0) is 20.7 Å². The van der Waals surface area contributed by atoms with Crippen molar-refractivity contribution in [1.82, 2.24) is 0 Å². The molecule has 4 aromatic carbocycles. The molecule has 0 fully saturated rings. The van der Waals surface area contributed by atoms with Gasteiger partial charge < -0.3 is 8.85 Å². The average Bonchev–Trinajstić information content (AvgIpc) is 2.85. The molecular weight excluding hydrogens is 400 g/mol. The molecule has 30 heavy (non-hydrogen) atoms. The fraction of sp³-hybridized carbons (Fsp3) is 0.0769. The van der Waals surface area contributed by atoms with Crippen LogP contribution < -0.4 is 20.7 Å². The highest BCUT2D eigenvalue weighted by atomic mass is 29.3. The zero-order valence-electron chi connectivity index (χ0n) is 17.4. The molecule has 0 aliphatic rings. The van der Waals surface area contributed by atoms with Crippen LogP contribution in [0.25, 0.3) is 0 Å². The molecule has 0 heterocycles. The van der Waals surface area contributed by atoms with Gasteiger partial charge in [0.25, 0.3) is 0 Å². The van der Waals surface area contributed by atoms with Gasteiger partial charge in [-0.3, -0.25) is 0 Å². The first-order valence-corrected chi connectivity index (χ1v) is 14.9. The molecule has 0 aromatic heterocycles. The summed E-state index contributed by atoms with van der Waals surface area (Å²) >= 11 is 0. The standard InChI is InChI=1S/C26H26O2Si2/c1-27-30(28-2,26-21-13-6-14-22-26)29(23-15-7-3-8-16-23,24-17-9-4-10-18-24)25-19-11-5-12-20-25/h3-22H,1-2H3. The smallest absolute Gasteiger partial charge is 0.365 e. The van der Waals surface area contributed by atoms with Crippen LogP contribution in [0, 0.1) is 0 Å². The fourth-order valence-electron chi connectivity index (χ4n) is 4.63. The molecule has 4 heteroatoms. The minimum atomic E-state index is -2.98. The molecule has 0 saturated carbocycles. The van der Waals surface area contributed by atoms with E-state index >= 15 is 0 Å². The predicted molar refractivity (Wildman–Crippen MR) is 130 cm³/mol. The Hall–Kier alpha value is -2.77. The first kappa shape index (κ1) is 20.5. The van der Waals surface area contributed by atoms with E-state index in [2.05, 4.69) is 115 Å². The molecule has 2 nitrogen and oxygen atoms in total. The first-order chi connectivity index (χ1) is 14.8. The largest absolute Gasteiger partial charge is 0.396 e. The van der Waals surface area contributed by atoms with Gasteiger partial charge >= 0.3 is 8.08 Å². The summed E-state index contributed by atoms with van der Waals surface area (Å²) in [6.45, 7) is 0. The van der Waals surface area contributed by atoms with Crippen molar-refractivity contribution in [3.63, 3.8) is 0 Å². The summed E-state index contributed by atoms with van der Waals surface area (Å²) in [5.41, 5.74) is 0. The van der Waals surface area contributed by atoms with E-state index in [1.54, 1.807) is 0 Å². The Morgan fingerprint density at radius 3 is 0.933 bits per heavy atom. The second kappa shape index (κ2) is 8.94. The van der Waals surface area contributed by atoms with Gasteiger partial charge in [-0.25, -0.2) is 0 Å². The van der Waals surface area contributed by atoms with E-state index in [4.69, 9.17) is 8.85 Å². The molecule has 0 aliphatic heterocycles. The molecule has 0 saturated heterocycles. The van der Waals surface area contributed by atoms with Crippen molar-refractivity contribution >= 4 is 36.4 Å². The van der Waals surface area contributed by atoms with Crippen LogP contribution in [0.15, 0.2) is 121 Å². The van der Waals surface area contributed by atoms with Crippen molar-refractivity contribution in [2.75, 3.05) is 14.2 Å². The molecule has 0 bridgehead atoms. The van der Waals surface area contributed by atoms with E-state index < -0.39 is 15.7 Å². The zero-order chi connectivity index (χ0) is 20.9. The highest BCUT2D eigenvalue weighted by Crippen LogP contribution is 2.22. The summed E-state index contributed by atoms with van der Waals surface area (Å²) in [4.78, 5) is 0. The molecule has 0 atom stereocenters. The predicted octanol–water partition coefficient (Wildman–Crippen LogP) is 2.88. The maximum atomic E-state index is 6.58. The molecule has 0 spiro atoms. The van der Waals surface area contributed by atoms with E-state index in [1.807, 2.05) is 20.3 Å². The third-order valence-electron chi connectivity index (χ3n) is 5.84. The maximum absolute atomic E-state index is 6.58. The van der Waals surface area contributed by atoms with Crippen LogP contribution >= 0.6 is 0 Å². The SMILES string of the molecule is CO[Si](OC)(c1ccccc1)[Si](c1ccccc1)(c1ccccc1)c1ccccc1. The van der Waals surface area contributed by atoms with Gasteiger partial charge in [0.05, 0.1) is 0 Å². The van der Waals surface area contributed by atoms with Gasteiger partial charge in [0.15, 0.2) is 0 Å². The van der Waals surface area contributed by atoms with Crippen LogP contribution in [0.2, 0.25) is 0 Å². The first-order valence-electron chi connectivity index (χ1n) is 10.1. The normalized spacial score (nSPS) is 11.9. The average molecular weight is 427 g/mol. The van der Waals surface area contributed by atoms with Gasteiger partial charge in [-0.15, -0.1) is 0 Å². The van der Waals surface area contributed by atoms with Crippen molar-refractivity contribution in [2.45, 2.75) is 0 Å². The van der Waals surface area contributed by atoms with Crippen LogP contribution in [0.1, 0.15) is 0 Å². The molecule has 4 rings (SSSR count). The Labute approximate surface area is 180 Å². The monoisotopic (exact) mass is 426 g/mol. The number of hydrogen-bond donors (Lipinski definition) is 0. The molecule has 4 aromatic rings. The van der Waals surface area contributed by atoms with Crippen LogP contribution in [-0.2, 0) is 8.85 Å². The van der Waals surface area contributed by atoms with Gasteiger partial charge in [0.2, 0.25) is 7.59 Å². The van der Waals surface area contributed by atoms with Crippen LogP contribution in [0.5, 0.6) is 0 Å². The van der Waals surface area contributed by atoms with Crippen molar-refractivity contribution in [2.24, 2.45) is 0 Å². The molecule has 0 unspecified atom stereocenters. The molecule has 0 N–H and O–H groups in total. The summed E-state index contributed by atoms with van der Waals surface area (Å²) in [6, 6.07) is 43.0. The Morgan fingerprint density at radius 2 is 0.667 bits per heavy atom. The summed E-state index contributed by atoms with van der Waals surface area (Å²) < 4.78 is 13.2. The van der Waals surface area contributed by atoms with E-state index in [-0.39, 0.29) is 0 Å². The van der Waals surface area contributed by atoms with Gasteiger partial charge in [-0.2, -0.15) is 0 Å². The van der Waals surface area contributed by atoms with Crippen LogP contribution in [0.3, 0.4) is 0 Å². The molecule has 150 valence electrons. The highest BCUT2D eigenvalue weighted by Gasteiger charge is 2.63. The topological polar surface area (TPSA) is 18.5 Å². The number of benzene rings is 4. The van der Waals surface area contributed by atoms with Gasteiger partial charge in [-0.1, -0.05) is 121 Å². The summed E-state index contributed by atoms with van der Waals surface area (Å²) in [6.07, 6.45) is 0. The molecule has 0 aliphatic carbocycles. The zero-order valence-corrected chi connectivity index (χ0v) is 19.4. The second-order valence-corrected chi connectivity index (χ2v) is 17.3. The summed E-state index contributed by atoms with van der Waals surface area (Å²) in [5, 5.41) is 5.03. The molecule has 0 amide bonds. The summed E-state index contributed by atoms with van der Waals surface area (Å²) in [7, 11) is -2.10. The third kappa shape index (κ3) is 3.18. The van der Waals surface area contributed by atoms with E-state index in [9.17, 15) is 0 Å². The van der Waals surface area contributed by atoms with Crippen LogP contribution in [-0.4, -0.2) is 29.9 Å². The minimum absolute atomic E-state index is 1.15. The van der Waals surface area contributed by atoms with E-state index in [1.165, 1.54) is 15.6 Å². The lowest BCUT2D eigenvalue weighted by molar-refractivity contribution is 0.278. The minimum Gasteiger partial charge on any atom is -0.396 e. The second-order valence-electron chi connectivity index (χ2n) is 7.24. The van der Waals surface area contributed by atoms with Gasteiger partial charge in [0.1, 0.15) is 0 Å². The Kier molecular flexibility index (Phi) is 6.11. The number of hydrogen-bond acceptors (Lipinski definition) is 2. The van der Waals surface area contributed by atoms with Crippen LogP contribution in [0.4, 0.5) is 0 Å². The van der Waals surface area contributed by atoms with Crippen molar-refractivity contribution in [1.29, 1.82) is 0 Å². The Balaban J connectivity index is 2.20. The van der Waals surface area contributed by atoms with Crippen molar-refractivity contribution < 1.29 is 8.85 Å². The van der Waals surface area contributed by atoms with Crippen molar-refractivity contribution in [3.8, 4) is 0 Å². The lowest BCUT2D eigenvalue weighted by Crippen LogP contribution is -2.88. The molecular formula is C26H26O2Si2. The number of rotatable bonds is 7. The summed E-state index contributed by atoms with van der Waals surface area (Å²) in [5.74, 6) is 0.